The Labute approximate surface area is 72.5 Å². The highest BCUT2D eigenvalue weighted by Crippen LogP contribution is 2.21. The Bertz CT molecular complexity index is 171. The summed E-state index contributed by atoms with van der Waals surface area (Å²) in [5.41, 5.74) is 0. The predicted octanol–water partition coefficient (Wildman–Crippen LogP) is 0.201. The fraction of sp³-hybridized carbons (Fsp3) is 0.889. The second-order valence-electron chi connectivity index (χ2n) is 3.64. The molecule has 0 aromatic carbocycles. The lowest BCUT2D eigenvalue weighted by molar-refractivity contribution is -0.131. The minimum absolute atomic E-state index is 0.297. The first kappa shape index (κ1) is 8.20. The Hall–Kier alpha value is -0.410. The first-order valence-electron chi connectivity index (χ1n) is 4.70. The monoisotopic (exact) mass is 169 g/mol. The molecule has 68 valence electrons. The van der Waals surface area contributed by atoms with Crippen molar-refractivity contribution in [3.05, 3.63) is 0 Å². The van der Waals surface area contributed by atoms with E-state index in [0.29, 0.717) is 17.6 Å². The van der Waals surface area contributed by atoms with Crippen molar-refractivity contribution in [2.75, 3.05) is 26.3 Å². The third-order valence-corrected chi connectivity index (χ3v) is 2.81. The van der Waals surface area contributed by atoms with Crippen LogP contribution >= 0.6 is 0 Å². The Morgan fingerprint density at radius 2 is 1.83 bits per heavy atom. The van der Waals surface area contributed by atoms with Gasteiger partial charge in [-0.25, -0.2) is 0 Å². The molecule has 3 heteroatoms. The van der Waals surface area contributed by atoms with Gasteiger partial charge in [-0.3, -0.25) is 4.79 Å². The summed E-state index contributed by atoms with van der Waals surface area (Å²) in [6.07, 6.45) is 1.88. The van der Waals surface area contributed by atoms with Gasteiger partial charge in [-0.05, 0) is 12.8 Å². The minimum atomic E-state index is 0.297. The van der Waals surface area contributed by atoms with E-state index in [0.717, 1.165) is 39.1 Å². The summed E-state index contributed by atoms with van der Waals surface area (Å²) in [5.74, 6) is 1.08. The van der Waals surface area contributed by atoms with Crippen LogP contribution in [0.1, 0.15) is 12.8 Å². The number of carbonyl (C=O) groups is 1. The number of rotatable bonds is 2. The van der Waals surface area contributed by atoms with E-state index in [1.807, 2.05) is 0 Å². The van der Waals surface area contributed by atoms with Crippen molar-refractivity contribution in [2.24, 2.45) is 11.8 Å². The summed E-state index contributed by atoms with van der Waals surface area (Å²) < 4.78 is 5.21. The molecule has 2 saturated heterocycles. The maximum Gasteiger partial charge on any atom is 0.141 e. The molecule has 0 spiro atoms. The van der Waals surface area contributed by atoms with Gasteiger partial charge in [-0.2, -0.15) is 0 Å². The van der Waals surface area contributed by atoms with Gasteiger partial charge in [0.05, 0.1) is 0 Å². The number of nitrogens with one attached hydrogen (secondary N) is 1. The van der Waals surface area contributed by atoms with Crippen molar-refractivity contribution in [2.45, 2.75) is 12.8 Å². The lowest BCUT2D eigenvalue weighted by Gasteiger charge is -2.31. The molecule has 0 saturated carbocycles. The van der Waals surface area contributed by atoms with Crippen molar-refractivity contribution in [1.29, 1.82) is 0 Å². The summed E-state index contributed by atoms with van der Waals surface area (Å²) in [7, 11) is 0. The molecule has 2 heterocycles. The van der Waals surface area contributed by atoms with E-state index in [1.165, 1.54) is 0 Å². The van der Waals surface area contributed by atoms with Gasteiger partial charge < -0.3 is 10.1 Å². The lowest BCUT2D eigenvalue weighted by Crippen LogP contribution is -2.49. The molecule has 0 aliphatic carbocycles. The van der Waals surface area contributed by atoms with Crippen LogP contribution in [0.3, 0.4) is 0 Å². The van der Waals surface area contributed by atoms with Gasteiger partial charge in [0.2, 0.25) is 0 Å². The largest absolute Gasteiger partial charge is 0.381 e. The highest BCUT2D eigenvalue weighted by Gasteiger charge is 2.31. The molecule has 0 amide bonds. The summed E-state index contributed by atoms with van der Waals surface area (Å²) in [4.78, 5) is 11.7. The van der Waals surface area contributed by atoms with Gasteiger partial charge >= 0.3 is 0 Å². The number of hydrogen-bond acceptors (Lipinski definition) is 3. The number of ether oxygens (including phenoxy) is 1. The van der Waals surface area contributed by atoms with Gasteiger partial charge in [-0.15, -0.1) is 0 Å². The molecule has 0 unspecified atom stereocenters. The van der Waals surface area contributed by atoms with Crippen molar-refractivity contribution in [3.8, 4) is 0 Å². The summed E-state index contributed by atoms with van der Waals surface area (Å²) >= 11 is 0. The molecular formula is C9H15NO2. The molecule has 0 radical (unpaired) electrons. The number of ketones is 1. The van der Waals surface area contributed by atoms with Gasteiger partial charge in [0.1, 0.15) is 5.78 Å². The zero-order chi connectivity index (χ0) is 8.39. The fourth-order valence-electron chi connectivity index (χ4n) is 1.81. The molecule has 2 aliphatic rings. The SMILES string of the molecule is O=C(C1CCOCC1)C1CNC1. The van der Waals surface area contributed by atoms with Gasteiger partial charge in [0.25, 0.3) is 0 Å². The topological polar surface area (TPSA) is 38.3 Å². The van der Waals surface area contributed by atoms with E-state index >= 15 is 0 Å². The Morgan fingerprint density at radius 1 is 1.17 bits per heavy atom. The predicted molar refractivity (Wildman–Crippen MR) is 44.9 cm³/mol. The Morgan fingerprint density at radius 3 is 2.33 bits per heavy atom. The van der Waals surface area contributed by atoms with E-state index in [2.05, 4.69) is 5.32 Å². The first-order valence-corrected chi connectivity index (χ1v) is 4.70. The van der Waals surface area contributed by atoms with Crippen LogP contribution in [0.5, 0.6) is 0 Å². The van der Waals surface area contributed by atoms with E-state index in [1.54, 1.807) is 0 Å². The third kappa shape index (κ3) is 1.52. The van der Waals surface area contributed by atoms with Crippen molar-refractivity contribution in [1.82, 2.24) is 5.32 Å². The van der Waals surface area contributed by atoms with E-state index in [-0.39, 0.29) is 0 Å². The molecule has 2 fully saturated rings. The summed E-state index contributed by atoms with van der Waals surface area (Å²) in [5, 5.41) is 3.13. The third-order valence-electron chi connectivity index (χ3n) is 2.81. The second-order valence-corrected chi connectivity index (χ2v) is 3.64. The maximum atomic E-state index is 11.7. The van der Waals surface area contributed by atoms with Crippen LogP contribution in [0.2, 0.25) is 0 Å². The standard InChI is InChI=1S/C9H15NO2/c11-9(8-5-10-6-8)7-1-3-12-4-2-7/h7-8,10H,1-6H2. The average molecular weight is 169 g/mol. The Kier molecular flexibility index (Phi) is 2.42. The lowest BCUT2D eigenvalue weighted by atomic mass is 9.84. The van der Waals surface area contributed by atoms with Crippen LogP contribution in [0.15, 0.2) is 0 Å². The van der Waals surface area contributed by atoms with Crippen LogP contribution in [-0.4, -0.2) is 32.1 Å². The first-order chi connectivity index (χ1) is 5.88. The highest BCUT2D eigenvalue weighted by molar-refractivity contribution is 5.84. The fourth-order valence-corrected chi connectivity index (χ4v) is 1.81. The van der Waals surface area contributed by atoms with Gasteiger partial charge in [0.15, 0.2) is 0 Å². The molecule has 1 N–H and O–H groups in total. The smallest absolute Gasteiger partial charge is 0.141 e. The molecular weight excluding hydrogens is 154 g/mol. The van der Waals surface area contributed by atoms with E-state index < -0.39 is 0 Å². The van der Waals surface area contributed by atoms with Gasteiger partial charge in [0, 0.05) is 38.1 Å². The molecule has 12 heavy (non-hydrogen) atoms. The molecule has 0 aromatic heterocycles. The van der Waals surface area contributed by atoms with E-state index in [9.17, 15) is 4.79 Å². The molecule has 2 rings (SSSR count). The zero-order valence-corrected chi connectivity index (χ0v) is 7.21. The average Bonchev–Trinajstić information content (AvgIpc) is 2.03. The summed E-state index contributed by atoms with van der Waals surface area (Å²) in [6.45, 7) is 3.35. The van der Waals surface area contributed by atoms with Gasteiger partial charge in [-0.1, -0.05) is 0 Å². The van der Waals surface area contributed by atoms with Crippen molar-refractivity contribution in [3.63, 3.8) is 0 Å². The van der Waals surface area contributed by atoms with Crippen molar-refractivity contribution < 1.29 is 9.53 Å². The maximum absolute atomic E-state index is 11.7. The van der Waals surface area contributed by atoms with Crippen LogP contribution in [0.4, 0.5) is 0 Å². The number of carbonyl (C=O) groups excluding carboxylic acids is 1. The molecule has 0 aromatic rings. The van der Waals surface area contributed by atoms with Crippen LogP contribution in [-0.2, 0) is 9.53 Å². The Balaban J connectivity index is 1.84. The molecule has 2 aliphatic heterocycles. The van der Waals surface area contributed by atoms with Crippen LogP contribution < -0.4 is 5.32 Å². The molecule has 0 atom stereocenters. The molecule has 3 nitrogen and oxygen atoms in total. The normalized spacial score (nSPS) is 26.7. The van der Waals surface area contributed by atoms with E-state index in [4.69, 9.17) is 4.74 Å². The number of hydrogen-bond donors (Lipinski definition) is 1. The van der Waals surface area contributed by atoms with Crippen LogP contribution in [0, 0.1) is 11.8 Å². The highest BCUT2D eigenvalue weighted by atomic mass is 16.5. The summed E-state index contributed by atoms with van der Waals surface area (Å²) in [6, 6.07) is 0. The molecule has 0 bridgehead atoms. The van der Waals surface area contributed by atoms with Crippen molar-refractivity contribution >= 4 is 5.78 Å². The quantitative estimate of drug-likeness (QED) is 0.642. The minimum Gasteiger partial charge on any atom is -0.381 e. The second kappa shape index (κ2) is 3.54. The number of Topliss-reactive ketones (excluding diaryl/α,β-unsaturated/α-hetero) is 1. The van der Waals surface area contributed by atoms with Crippen LogP contribution in [0.25, 0.3) is 0 Å². The zero-order valence-electron chi connectivity index (χ0n) is 7.21.